The van der Waals surface area contributed by atoms with E-state index in [0.29, 0.717) is 0 Å². The van der Waals surface area contributed by atoms with Gasteiger partial charge in [0, 0.05) is 6.04 Å². The van der Waals surface area contributed by atoms with Crippen molar-refractivity contribution in [2.24, 2.45) is 11.8 Å². The summed E-state index contributed by atoms with van der Waals surface area (Å²) in [6.45, 7) is 3.59. The molecule has 2 rings (SSSR count). The SMILES string of the molecule is CC1NC[C@H]2CC12. The molecule has 0 aromatic rings. The van der Waals surface area contributed by atoms with Gasteiger partial charge in [0.1, 0.15) is 0 Å². The minimum absolute atomic E-state index is 0.838. The summed E-state index contributed by atoms with van der Waals surface area (Å²) in [7, 11) is 0. The molecule has 2 fully saturated rings. The Morgan fingerprint density at radius 2 is 2.43 bits per heavy atom. The van der Waals surface area contributed by atoms with E-state index in [-0.39, 0.29) is 0 Å². The highest BCUT2D eigenvalue weighted by atomic mass is 15.0. The summed E-state index contributed by atoms with van der Waals surface area (Å²) in [5.74, 6) is 2.15. The first-order valence-electron chi connectivity index (χ1n) is 3.11. The zero-order valence-corrected chi connectivity index (χ0v) is 4.65. The fraction of sp³-hybridized carbons (Fsp3) is 1.00. The molecule has 1 saturated carbocycles. The van der Waals surface area contributed by atoms with Gasteiger partial charge >= 0.3 is 0 Å². The molecule has 3 atom stereocenters. The molecule has 1 heterocycles. The van der Waals surface area contributed by atoms with Gasteiger partial charge in [-0.3, -0.25) is 0 Å². The van der Waals surface area contributed by atoms with Crippen molar-refractivity contribution in [1.82, 2.24) is 5.32 Å². The number of fused-ring (bicyclic) bond motifs is 1. The van der Waals surface area contributed by atoms with Crippen LogP contribution in [0, 0.1) is 11.8 Å². The Kier molecular flexibility index (Phi) is 0.571. The lowest BCUT2D eigenvalue weighted by Gasteiger charge is -2.01. The van der Waals surface area contributed by atoms with Gasteiger partial charge in [-0.1, -0.05) is 0 Å². The second kappa shape index (κ2) is 1.03. The minimum atomic E-state index is 0.838. The van der Waals surface area contributed by atoms with Gasteiger partial charge in [-0.25, -0.2) is 0 Å². The van der Waals surface area contributed by atoms with Crippen molar-refractivity contribution in [3.63, 3.8) is 0 Å². The molecular formula is C6H11N. The molecule has 0 aromatic carbocycles. The monoisotopic (exact) mass is 97.1 g/mol. The summed E-state index contributed by atoms with van der Waals surface area (Å²) in [5.41, 5.74) is 0. The molecule has 1 N–H and O–H groups in total. The average Bonchev–Trinajstić information content (AvgIpc) is 2.33. The lowest BCUT2D eigenvalue weighted by molar-refractivity contribution is 0.579. The van der Waals surface area contributed by atoms with Crippen LogP contribution in [0.5, 0.6) is 0 Å². The zero-order valence-electron chi connectivity index (χ0n) is 4.65. The average molecular weight is 97.2 g/mol. The van der Waals surface area contributed by atoms with Crippen molar-refractivity contribution < 1.29 is 0 Å². The smallest absolute Gasteiger partial charge is 0.00703 e. The van der Waals surface area contributed by atoms with Gasteiger partial charge < -0.3 is 5.32 Å². The van der Waals surface area contributed by atoms with E-state index >= 15 is 0 Å². The molecule has 2 aliphatic rings. The second-order valence-corrected chi connectivity index (χ2v) is 2.86. The number of hydrogen-bond donors (Lipinski definition) is 1. The Morgan fingerprint density at radius 1 is 1.57 bits per heavy atom. The largest absolute Gasteiger partial charge is 0.314 e. The molecule has 1 aliphatic heterocycles. The summed E-state index contributed by atoms with van der Waals surface area (Å²) >= 11 is 0. The second-order valence-electron chi connectivity index (χ2n) is 2.86. The summed E-state index contributed by atoms with van der Waals surface area (Å²) in [6, 6.07) is 0.838. The Morgan fingerprint density at radius 3 is 2.57 bits per heavy atom. The van der Waals surface area contributed by atoms with Gasteiger partial charge in [0.05, 0.1) is 0 Å². The van der Waals surface area contributed by atoms with Crippen LogP contribution in [0.1, 0.15) is 13.3 Å². The van der Waals surface area contributed by atoms with E-state index in [0.717, 1.165) is 17.9 Å². The predicted octanol–water partition coefficient (Wildman–Crippen LogP) is 0.614. The molecule has 0 spiro atoms. The summed E-state index contributed by atoms with van der Waals surface area (Å²) in [4.78, 5) is 0. The highest BCUT2D eigenvalue weighted by molar-refractivity contribution is 5.00. The van der Waals surface area contributed by atoms with Crippen LogP contribution in [0.4, 0.5) is 0 Å². The van der Waals surface area contributed by atoms with E-state index in [1.807, 2.05) is 0 Å². The van der Waals surface area contributed by atoms with Gasteiger partial charge in [0.25, 0.3) is 0 Å². The third kappa shape index (κ3) is 0.418. The van der Waals surface area contributed by atoms with E-state index in [1.165, 1.54) is 13.0 Å². The molecule has 2 unspecified atom stereocenters. The van der Waals surface area contributed by atoms with Crippen LogP contribution in [-0.2, 0) is 0 Å². The zero-order chi connectivity index (χ0) is 4.85. The van der Waals surface area contributed by atoms with Crippen molar-refractivity contribution in [2.45, 2.75) is 19.4 Å². The molecule has 0 aromatic heterocycles. The van der Waals surface area contributed by atoms with Crippen molar-refractivity contribution in [3.8, 4) is 0 Å². The summed E-state index contributed by atoms with van der Waals surface area (Å²) in [6.07, 6.45) is 1.51. The van der Waals surface area contributed by atoms with E-state index in [9.17, 15) is 0 Å². The fourth-order valence-electron chi connectivity index (χ4n) is 1.61. The predicted molar refractivity (Wildman–Crippen MR) is 29.1 cm³/mol. The van der Waals surface area contributed by atoms with Crippen molar-refractivity contribution in [3.05, 3.63) is 0 Å². The number of nitrogens with one attached hydrogen (secondary N) is 1. The molecule has 0 bridgehead atoms. The first kappa shape index (κ1) is 3.90. The maximum atomic E-state index is 3.42. The molecule has 1 heteroatoms. The highest BCUT2D eigenvalue weighted by Gasteiger charge is 2.45. The van der Waals surface area contributed by atoms with Crippen LogP contribution in [0.2, 0.25) is 0 Å². The molecule has 7 heavy (non-hydrogen) atoms. The van der Waals surface area contributed by atoms with Gasteiger partial charge in [0.2, 0.25) is 0 Å². The Balaban J connectivity index is 2.08. The normalized spacial score (nSPS) is 57.0. The molecule has 1 aliphatic carbocycles. The van der Waals surface area contributed by atoms with E-state index < -0.39 is 0 Å². The lowest BCUT2D eigenvalue weighted by Crippen LogP contribution is -2.21. The first-order valence-corrected chi connectivity index (χ1v) is 3.11. The van der Waals surface area contributed by atoms with Gasteiger partial charge in [-0.2, -0.15) is 0 Å². The van der Waals surface area contributed by atoms with Crippen LogP contribution in [0.15, 0.2) is 0 Å². The van der Waals surface area contributed by atoms with E-state index in [2.05, 4.69) is 12.2 Å². The van der Waals surface area contributed by atoms with Crippen LogP contribution < -0.4 is 5.32 Å². The Bertz CT molecular complexity index is 90.2. The van der Waals surface area contributed by atoms with Crippen molar-refractivity contribution in [2.75, 3.05) is 6.54 Å². The third-order valence-corrected chi connectivity index (χ3v) is 2.32. The van der Waals surface area contributed by atoms with E-state index in [4.69, 9.17) is 0 Å². The molecular weight excluding hydrogens is 86.1 g/mol. The molecule has 1 saturated heterocycles. The van der Waals surface area contributed by atoms with Crippen LogP contribution in [0.25, 0.3) is 0 Å². The van der Waals surface area contributed by atoms with Crippen molar-refractivity contribution >= 4 is 0 Å². The molecule has 0 amide bonds. The van der Waals surface area contributed by atoms with Crippen molar-refractivity contribution in [1.29, 1.82) is 0 Å². The molecule has 0 radical (unpaired) electrons. The lowest BCUT2D eigenvalue weighted by atomic mass is 10.2. The van der Waals surface area contributed by atoms with Gasteiger partial charge in [0.15, 0.2) is 0 Å². The molecule has 1 nitrogen and oxygen atoms in total. The van der Waals surface area contributed by atoms with Gasteiger partial charge in [-0.05, 0) is 31.7 Å². The van der Waals surface area contributed by atoms with Crippen LogP contribution >= 0.6 is 0 Å². The summed E-state index contributed by atoms with van der Waals surface area (Å²) in [5, 5.41) is 3.42. The number of hydrogen-bond acceptors (Lipinski definition) is 1. The minimum Gasteiger partial charge on any atom is -0.314 e. The van der Waals surface area contributed by atoms with Crippen LogP contribution in [-0.4, -0.2) is 12.6 Å². The quantitative estimate of drug-likeness (QED) is 0.467. The van der Waals surface area contributed by atoms with E-state index in [1.54, 1.807) is 0 Å². The summed E-state index contributed by atoms with van der Waals surface area (Å²) < 4.78 is 0. The number of piperidine rings is 1. The fourth-order valence-corrected chi connectivity index (χ4v) is 1.61. The first-order chi connectivity index (χ1) is 3.38. The van der Waals surface area contributed by atoms with Crippen LogP contribution in [0.3, 0.4) is 0 Å². The maximum absolute atomic E-state index is 3.42. The standard InChI is InChI=1S/C6H11N/c1-4-6-2-5(6)3-7-4/h4-7H,2-3H2,1H3/t4?,5-,6?/m1/s1. The number of rotatable bonds is 0. The Labute approximate surface area is 44.1 Å². The Hall–Kier alpha value is -0.0400. The third-order valence-electron chi connectivity index (χ3n) is 2.32. The molecule has 40 valence electrons. The van der Waals surface area contributed by atoms with Gasteiger partial charge in [-0.15, -0.1) is 0 Å². The highest BCUT2D eigenvalue weighted by Crippen LogP contribution is 2.44. The maximum Gasteiger partial charge on any atom is 0.00703 e. The topological polar surface area (TPSA) is 12.0 Å².